The second-order valence-electron chi connectivity index (χ2n) is 1.63. The predicted molar refractivity (Wildman–Crippen MR) is 41.1 cm³/mol. The molecule has 0 fully saturated rings. The zero-order chi connectivity index (χ0) is 6.08. The highest BCUT2D eigenvalue weighted by Gasteiger charge is 2.00. The quantitative estimate of drug-likeness (QED) is 0.236. The van der Waals surface area contributed by atoms with Gasteiger partial charge < -0.3 is 16.7 Å². The zero-order valence-electron chi connectivity index (χ0n) is 4.21. The number of thiocarbonyl (C=S) groups is 1. The highest BCUT2D eigenvalue weighted by Crippen LogP contribution is 1.98. The zero-order valence-corrected chi connectivity index (χ0v) is 6.74. The van der Waals surface area contributed by atoms with Crippen LogP contribution in [-0.4, -0.2) is 22.3 Å². The Morgan fingerprint density at radius 1 is 1.71 bits per heavy atom. The Morgan fingerprint density at radius 2 is 1.86 bits per heavy atom. The lowest BCUT2D eigenvalue weighted by molar-refractivity contribution is -0.637. The van der Waals surface area contributed by atoms with Crippen LogP contribution in [0.3, 0.4) is 0 Å². The summed E-state index contributed by atoms with van der Waals surface area (Å²) in [4.78, 5) is 0. The third-order valence-corrected chi connectivity index (χ3v) is 1.85. The van der Waals surface area contributed by atoms with Gasteiger partial charge in [-0.3, -0.25) is 0 Å². The van der Waals surface area contributed by atoms with Gasteiger partial charge in [0.25, 0.3) is 0 Å². The lowest BCUT2D eigenvalue weighted by Crippen LogP contribution is -2.34. The maximum absolute atomic E-state index is 4.83. The highest BCUT2D eigenvalue weighted by atomic mass is 32.1. The topological polar surface area (TPSA) is 0 Å². The molecular weight excluding hydrogens is 146 g/mol. The van der Waals surface area contributed by atoms with Crippen molar-refractivity contribution >= 4 is 42.0 Å². The molecule has 0 bridgehead atoms. The average Bonchev–Trinajstić information content (AvgIpc) is 1.31. The molecular formula is C3H7NS3. The third kappa shape index (κ3) is 3.34. The van der Waals surface area contributed by atoms with Crippen LogP contribution in [0.25, 0.3) is 0 Å². The molecule has 0 aromatic carbocycles. The van der Waals surface area contributed by atoms with Crippen molar-refractivity contribution in [3.63, 3.8) is 0 Å². The van der Waals surface area contributed by atoms with Gasteiger partial charge in [-0.2, -0.15) is 0 Å². The number of hydrogen-bond donors (Lipinski definition) is 1. The van der Waals surface area contributed by atoms with E-state index in [1.165, 1.54) is 0 Å². The van der Waals surface area contributed by atoms with Crippen LogP contribution in [0.5, 0.6) is 0 Å². The van der Waals surface area contributed by atoms with E-state index < -0.39 is 0 Å². The average molecular weight is 153 g/mol. The largest absolute Gasteiger partial charge is 0.487 e. The fraction of sp³-hybridized carbons (Fsp3) is 0.667. The van der Waals surface area contributed by atoms with Crippen molar-refractivity contribution in [2.45, 2.75) is 0 Å². The van der Waals surface area contributed by atoms with Gasteiger partial charge in [0.15, 0.2) is 0 Å². The Labute approximate surface area is 60.2 Å². The highest BCUT2D eigenvalue weighted by molar-refractivity contribution is 8.10. The lowest BCUT2D eigenvalue weighted by atomic mass is 11.0. The summed E-state index contributed by atoms with van der Waals surface area (Å²) >= 11 is 13.4. The molecule has 0 spiro atoms. The summed E-state index contributed by atoms with van der Waals surface area (Å²) in [6, 6.07) is 0. The fourth-order valence-electron chi connectivity index (χ4n) is 0. The van der Waals surface area contributed by atoms with Crippen LogP contribution in [0.4, 0.5) is 0 Å². The van der Waals surface area contributed by atoms with Crippen molar-refractivity contribution in [2.24, 2.45) is 0 Å². The number of quaternary nitrogens is 1. The van der Waals surface area contributed by atoms with Crippen LogP contribution in [0, 0.1) is 0 Å². The van der Waals surface area contributed by atoms with Crippen molar-refractivity contribution in [1.82, 2.24) is 0 Å². The first-order valence-electron chi connectivity index (χ1n) is 1.73. The molecule has 0 aromatic heterocycles. The SMILES string of the molecule is C[N+](C)([S-])C(=S)S. The molecule has 0 rings (SSSR count). The third-order valence-electron chi connectivity index (χ3n) is 0.461. The molecule has 0 aromatic rings. The molecule has 0 aliphatic heterocycles. The van der Waals surface area contributed by atoms with Crippen molar-refractivity contribution in [2.75, 3.05) is 14.1 Å². The van der Waals surface area contributed by atoms with E-state index >= 15 is 0 Å². The van der Waals surface area contributed by atoms with Crippen LogP contribution in [0.2, 0.25) is 0 Å². The van der Waals surface area contributed by atoms with Crippen LogP contribution >= 0.6 is 24.8 Å². The van der Waals surface area contributed by atoms with Gasteiger partial charge in [0.1, 0.15) is 0 Å². The fourth-order valence-corrected chi connectivity index (χ4v) is 0. The molecule has 42 valence electrons. The van der Waals surface area contributed by atoms with Crippen LogP contribution in [0.1, 0.15) is 0 Å². The molecule has 0 atom stereocenters. The molecule has 0 radical (unpaired) electrons. The van der Waals surface area contributed by atoms with Gasteiger partial charge in [-0.15, -0.1) is 0 Å². The molecule has 0 saturated heterocycles. The van der Waals surface area contributed by atoms with Gasteiger partial charge in [0.05, 0.1) is 14.1 Å². The molecule has 4 heteroatoms. The Balaban J connectivity index is 3.79. The Morgan fingerprint density at radius 3 is 1.86 bits per heavy atom. The van der Waals surface area contributed by atoms with Gasteiger partial charge in [-0.1, -0.05) is 12.6 Å². The molecule has 0 unspecified atom stereocenters. The number of rotatable bonds is 0. The lowest BCUT2D eigenvalue weighted by Gasteiger charge is -2.32. The minimum atomic E-state index is 0.235. The molecule has 0 aliphatic carbocycles. The molecule has 7 heavy (non-hydrogen) atoms. The normalized spacial score (nSPS) is 11.4. The first-order valence-corrected chi connectivity index (χ1v) is 2.95. The Hall–Kier alpha value is 0.750. The standard InChI is InChI=1S/C3H7NS3/c1-4(2,7)3(5)6/h1-2H3,(H,5,6). The smallest absolute Gasteiger partial charge is 0.212 e. The molecule has 0 amide bonds. The first-order chi connectivity index (χ1) is 2.94. The molecule has 0 aliphatic rings. The number of thiol groups is 1. The van der Waals surface area contributed by atoms with E-state index in [0.717, 1.165) is 0 Å². The van der Waals surface area contributed by atoms with Gasteiger partial charge in [-0.05, 0) is 12.2 Å². The van der Waals surface area contributed by atoms with Gasteiger partial charge >= 0.3 is 0 Å². The number of nitrogens with zero attached hydrogens (tertiary/aromatic N) is 1. The minimum Gasteiger partial charge on any atom is -0.487 e. The van der Waals surface area contributed by atoms with Gasteiger partial charge in [0, 0.05) is 0 Å². The van der Waals surface area contributed by atoms with Crippen molar-refractivity contribution < 1.29 is 3.89 Å². The van der Waals surface area contributed by atoms with Crippen LogP contribution in [0.15, 0.2) is 0 Å². The van der Waals surface area contributed by atoms with E-state index in [1.54, 1.807) is 14.1 Å². The van der Waals surface area contributed by atoms with E-state index in [4.69, 9.17) is 12.8 Å². The first kappa shape index (κ1) is 7.75. The van der Waals surface area contributed by atoms with Crippen molar-refractivity contribution in [1.29, 1.82) is 0 Å². The maximum atomic E-state index is 4.83. The summed E-state index contributed by atoms with van der Waals surface area (Å²) in [5.41, 5.74) is 0. The van der Waals surface area contributed by atoms with E-state index in [0.29, 0.717) is 4.32 Å². The molecule has 0 saturated carbocycles. The molecule has 1 nitrogen and oxygen atoms in total. The van der Waals surface area contributed by atoms with Crippen molar-refractivity contribution in [3.8, 4) is 0 Å². The second-order valence-corrected chi connectivity index (χ2v) is 3.66. The summed E-state index contributed by atoms with van der Waals surface area (Å²) in [5.74, 6) is 0. The Kier molecular flexibility index (Phi) is 2.60. The monoisotopic (exact) mass is 153 g/mol. The van der Waals surface area contributed by atoms with Gasteiger partial charge in [0.2, 0.25) is 4.32 Å². The maximum Gasteiger partial charge on any atom is 0.212 e. The Bertz CT molecular complexity index is 82.7. The van der Waals surface area contributed by atoms with E-state index in [2.05, 4.69) is 24.8 Å². The molecule has 0 heterocycles. The summed E-state index contributed by atoms with van der Waals surface area (Å²) in [7, 11) is 3.59. The van der Waals surface area contributed by atoms with Crippen molar-refractivity contribution in [3.05, 3.63) is 0 Å². The molecule has 0 N–H and O–H groups in total. The van der Waals surface area contributed by atoms with E-state index in [9.17, 15) is 0 Å². The second kappa shape index (κ2) is 2.35. The van der Waals surface area contributed by atoms with Crippen LogP contribution < -0.4 is 0 Å². The minimum absolute atomic E-state index is 0.235. The summed E-state index contributed by atoms with van der Waals surface area (Å²) in [5, 5.41) is 0. The summed E-state index contributed by atoms with van der Waals surface area (Å²) < 4.78 is 0.758. The van der Waals surface area contributed by atoms with E-state index in [-0.39, 0.29) is 3.89 Å². The number of hydrogen-bond acceptors (Lipinski definition) is 2. The summed E-state index contributed by atoms with van der Waals surface area (Å²) in [6.45, 7) is 0. The van der Waals surface area contributed by atoms with Crippen LogP contribution in [-0.2, 0) is 12.8 Å². The summed E-state index contributed by atoms with van der Waals surface area (Å²) in [6.07, 6.45) is 0. The van der Waals surface area contributed by atoms with E-state index in [1.807, 2.05) is 0 Å². The van der Waals surface area contributed by atoms with Gasteiger partial charge in [-0.25, -0.2) is 0 Å². The predicted octanol–water partition coefficient (Wildman–Crippen LogP) is 0.739.